The normalized spacial score (nSPS) is 16.7. The van der Waals surface area contributed by atoms with Crippen LogP contribution in [0, 0.1) is 0 Å². The van der Waals surface area contributed by atoms with Crippen LogP contribution in [0.3, 0.4) is 0 Å². The predicted octanol–water partition coefficient (Wildman–Crippen LogP) is 0.457. The molecule has 1 unspecified atom stereocenters. The molecule has 94 valence electrons. The maximum Gasteiger partial charge on any atom is 0.145 e. The van der Waals surface area contributed by atoms with Crippen molar-refractivity contribution in [1.82, 2.24) is 9.97 Å². The van der Waals surface area contributed by atoms with E-state index in [1.54, 1.807) is 13.0 Å². The first-order valence-electron chi connectivity index (χ1n) is 5.85. The van der Waals surface area contributed by atoms with Crippen molar-refractivity contribution >= 4 is 11.6 Å². The van der Waals surface area contributed by atoms with Gasteiger partial charge in [0.1, 0.15) is 17.5 Å². The van der Waals surface area contributed by atoms with Crippen LogP contribution in [0.4, 0.5) is 11.6 Å². The Morgan fingerprint density at radius 3 is 2.82 bits per heavy atom. The van der Waals surface area contributed by atoms with E-state index >= 15 is 0 Å². The lowest BCUT2D eigenvalue weighted by Crippen LogP contribution is -2.28. The summed E-state index contributed by atoms with van der Waals surface area (Å²) in [6, 6.07) is 1.79. The summed E-state index contributed by atoms with van der Waals surface area (Å²) in [5.74, 6) is 8.12. The highest BCUT2D eigenvalue weighted by Gasteiger charge is 2.27. The second-order valence-corrected chi connectivity index (χ2v) is 4.62. The highest BCUT2D eigenvalue weighted by molar-refractivity contribution is 5.49. The Balaban J connectivity index is 2.22. The Hall–Kier alpha value is -1.40. The van der Waals surface area contributed by atoms with Gasteiger partial charge in [0.05, 0.1) is 6.10 Å². The van der Waals surface area contributed by atoms with E-state index in [1.807, 2.05) is 11.9 Å². The molecule has 0 radical (unpaired) electrons. The quantitative estimate of drug-likeness (QED) is 0.509. The third-order valence-electron chi connectivity index (χ3n) is 2.75. The SMILES string of the molecule is CC(O)CN(C)c1cc(NN)nc(C2CC2)n1. The van der Waals surface area contributed by atoms with Gasteiger partial charge in [-0.15, -0.1) is 0 Å². The van der Waals surface area contributed by atoms with Gasteiger partial charge in [-0.3, -0.25) is 0 Å². The van der Waals surface area contributed by atoms with Crippen molar-refractivity contribution in [3.05, 3.63) is 11.9 Å². The summed E-state index contributed by atoms with van der Waals surface area (Å²) in [5.41, 5.74) is 2.56. The molecule has 0 bridgehead atoms. The third kappa shape index (κ3) is 3.04. The molecule has 6 heteroatoms. The predicted molar refractivity (Wildman–Crippen MR) is 66.8 cm³/mol. The van der Waals surface area contributed by atoms with Crippen molar-refractivity contribution in [2.75, 3.05) is 23.9 Å². The fraction of sp³-hybridized carbons (Fsp3) is 0.636. The number of hydrogen-bond acceptors (Lipinski definition) is 6. The average molecular weight is 237 g/mol. The highest BCUT2D eigenvalue weighted by atomic mass is 16.3. The molecule has 0 aliphatic heterocycles. The Bertz CT molecular complexity index is 391. The molecule has 1 aromatic rings. The molecule has 0 amide bonds. The van der Waals surface area contributed by atoms with Gasteiger partial charge in [-0.25, -0.2) is 15.8 Å². The standard InChI is InChI=1S/C11H19N5O/c1-7(17)6-16(2)10-5-9(15-12)13-11(14-10)8-3-4-8/h5,7-8,17H,3-4,6,12H2,1-2H3,(H,13,14,15). The summed E-state index contributed by atoms with van der Waals surface area (Å²) < 4.78 is 0. The number of likely N-dealkylation sites (N-methyl/N-ethyl adjacent to an activating group) is 1. The van der Waals surface area contributed by atoms with Gasteiger partial charge in [-0.2, -0.15) is 0 Å². The van der Waals surface area contributed by atoms with Gasteiger partial charge in [0.15, 0.2) is 0 Å². The summed E-state index contributed by atoms with van der Waals surface area (Å²) in [4.78, 5) is 10.7. The van der Waals surface area contributed by atoms with E-state index in [0.717, 1.165) is 24.5 Å². The van der Waals surface area contributed by atoms with Crippen molar-refractivity contribution < 1.29 is 5.11 Å². The van der Waals surface area contributed by atoms with Crippen LogP contribution in [0.1, 0.15) is 31.5 Å². The summed E-state index contributed by atoms with van der Waals surface area (Å²) >= 11 is 0. The first kappa shape index (κ1) is 12.1. The molecule has 0 spiro atoms. The summed E-state index contributed by atoms with van der Waals surface area (Å²) in [7, 11) is 1.89. The van der Waals surface area contributed by atoms with E-state index in [2.05, 4.69) is 15.4 Å². The number of aromatic nitrogens is 2. The largest absolute Gasteiger partial charge is 0.392 e. The molecule has 4 N–H and O–H groups in total. The highest BCUT2D eigenvalue weighted by Crippen LogP contribution is 2.39. The minimum absolute atomic E-state index is 0.395. The molecule has 1 saturated carbocycles. The number of nitrogen functional groups attached to an aromatic ring is 1. The zero-order valence-corrected chi connectivity index (χ0v) is 10.2. The van der Waals surface area contributed by atoms with Crippen LogP contribution < -0.4 is 16.2 Å². The number of nitrogens with one attached hydrogen (secondary N) is 1. The van der Waals surface area contributed by atoms with Crippen molar-refractivity contribution in [3.63, 3.8) is 0 Å². The van der Waals surface area contributed by atoms with E-state index in [-0.39, 0.29) is 0 Å². The lowest BCUT2D eigenvalue weighted by Gasteiger charge is -2.20. The third-order valence-corrected chi connectivity index (χ3v) is 2.75. The van der Waals surface area contributed by atoms with Gasteiger partial charge in [-0.1, -0.05) is 0 Å². The second kappa shape index (κ2) is 4.85. The smallest absolute Gasteiger partial charge is 0.145 e. The number of hydrazine groups is 1. The summed E-state index contributed by atoms with van der Waals surface area (Å²) in [6.07, 6.45) is 1.90. The van der Waals surface area contributed by atoms with Gasteiger partial charge >= 0.3 is 0 Å². The monoisotopic (exact) mass is 237 g/mol. The molecular formula is C11H19N5O. The maximum absolute atomic E-state index is 9.38. The topological polar surface area (TPSA) is 87.3 Å². The lowest BCUT2D eigenvalue weighted by molar-refractivity contribution is 0.201. The molecule has 0 saturated heterocycles. The van der Waals surface area contributed by atoms with Gasteiger partial charge in [0.25, 0.3) is 0 Å². The number of anilines is 2. The maximum atomic E-state index is 9.38. The van der Waals surface area contributed by atoms with E-state index in [1.165, 1.54) is 0 Å². The van der Waals surface area contributed by atoms with Crippen molar-refractivity contribution in [2.24, 2.45) is 5.84 Å². The van der Waals surface area contributed by atoms with Crippen molar-refractivity contribution in [3.8, 4) is 0 Å². The molecule has 1 atom stereocenters. The molecule has 17 heavy (non-hydrogen) atoms. The number of aliphatic hydroxyl groups is 1. The number of nitrogens with two attached hydrogens (primary N) is 1. The van der Waals surface area contributed by atoms with Gasteiger partial charge < -0.3 is 15.4 Å². The van der Waals surface area contributed by atoms with Crippen LogP contribution in [-0.4, -0.2) is 34.8 Å². The Labute approximate surface area is 101 Å². The van der Waals surface area contributed by atoms with E-state index < -0.39 is 6.10 Å². The molecule has 1 aliphatic carbocycles. The van der Waals surface area contributed by atoms with E-state index in [4.69, 9.17) is 5.84 Å². The first-order valence-corrected chi connectivity index (χ1v) is 5.85. The zero-order chi connectivity index (χ0) is 12.4. The number of nitrogens with zero attached hydrogens (tertiary/aromatic N) is 3. The number of rotatable bonds is 5. The second-order valence-electron chi connectivity index (χ2n) is 4.62. The van der Waals surface area contributed by atoms with Crippen LogP contribution in [0.15, 0.2) is 6.07 Å². The molecule has 1 heterocycles. The number of hydrogen-bond donors (Lipinski definition) is 3. The Morgan fingerprint density at radius 1 is 1.59 bits per heavy atom. The first-order chi connectivity index (χ1) is 8.10. The average Bonchev–Trinajstić information content (AvgIpc) is 3.11. The molecule has 1 aliphatic rings. The fourth-order valence-corrected chi connectivity index (χ4v) is 1.74. The fourth-order valence-electron chi connectivity index (χ4n) is 1.74. The van der Waals surface area contributed by atoms with E-state index in [9.17, 15) is 5.11 Å². The van der Waals surface area contributed by atoms with Crippen LogP contribution in [0.5, 0.6) is 0 Å². The van der Waals surface area contributed by atoms with Crippen LogP contribution in [-0.2, 0) is 0 Å². The molecule has 1 fully saturated rings. The van der Waals surface area contributed by atoms with Gasteiger partial charge in [-0.05, 0) is 19.8 Å². The van der Waals surface area contributed by atoms with E-state index in [0.29, 0.717) is 18.3 Å². The van der Waals surface area contributed by atoms with Gasteiger partial charge in [0.2, 0.25) is 0 Å². The lowest BCUT2D eigenvalue weighted by atomic mass is 10.3. The molecule has 1 aromatic heterocycles. The zero-order valence-electron chi connectivity index (χ0n) is 10.2. The van der Waals surface area contributed by atoms with Crippen LogP contribution >= 0.6 is 0 Å². The Kier molecular flexibility index (Phi) is 3.44. The summed E-state index contributed by atoms with van der Waals surface area (Å²) in [6.45, 7) is 2.28. The molecule has 6 nitrogen and oxygen atoms in total. The molecule has 2 rings (SSSR count). The molecular weight excluding hydrogens is 218 g/mol. The van der Waals surface area contributed by atoms with Crippen LogP contribution in [0.25, 0.3) is 0 Å². The minimum Gasteiger partial charge on any atom is -0.392 e. The van der Waals surface area contributed by atoms with Gasteiger partial charge in [0, 0.05) is 25.6 Å². The van der Waals surface area contributed by atoms with Crippen molar-refractivity contribution in [2.45, 2.75) is 31.8 Å². The summed E-state index contributed by atoms with van der Waals surface area (Å²) in [5, 5.41) is 9.38. The molecule has 0 aromatic carbocycles. The Morgan fingerprint density at radius 2 is 2.29 bits per heavy atom. The number of aliphatic hydroxyl groups excluding tert-OH is 1. The van der Waals surface area contributed by atoms with Crippen molar-refractivity contribution in [1.29, 1.82) is 0 Å². The minimum atomic E-state index is -0.395. The van der Waals surface area contributed by atoms with Crippen LogP contribution in [0.2, 0.25) is 0 Å².